The Morgan fingerprint density at radius 2 is 2.47 bits per heavy atom. The quantitative estimate of drug-likeness (QED) is 0.751. The average molecular weight is 275 g/mol. The molecule has 19 heavy (non-hydrogen) atoms. The summed E-state index contributed by atoms with van der Waals surface area (Å²) in [5.74, 6) is 0.986. The van der Waals surface area contributed by atoms with Gasteiger partial charge in [0.05, 0.1) is 12.8 Å². The van der Waals surface area contributed by atoms with E-state index in [1.807, 2.05) is 0 Å². The molecule has 0 aliphatic carbocycles. The number of furan rings is 1. The molecule has 0 aliphatic rings. The maximum atomic E-state index is 11.9. The second kappa shape index (κ2) is 5.02. The van der Waals surface area contributed by atoms with Crippen molar-refractivity contribution in [1.82, 2.24) is 25.5 Å². The molecule has 0 aromatic carbocycles. The molecule has 7 nitrogen and oxygen atoms in total. The van der Waals surface area contributed by atoms with E-state index in [4.69, 9.17) is 4.42 Å². The lowest BCUT2D eigenvalue weighted by molar-refractivity contribution is 0.0945. The third-order valence-corrected chi connectivity index (χ3v) is 3.21. The molecule has 3 rings (SSSR count). The number of carbonyl (C=O) groups excluding carboxylic acids is 1. The summed E-state index contributed by atoms with van der Waals surface area (Å²) < 4.78 is 5.22. The highest BCUT2D eigenvalue weighted by atomic mass is 32.1. The van der Waals surface area contributed by atoms with E-state index in [9.17, 15) is 4.79 Å². The fraction of sp³-hybridized carbons (Fsp3) is 0.0909. The first-order valence-corrected chi connectivity index (χ1v) is 6.33. The van der Waals surface area contributed by atoms with Gasteiger partial charge in [-0.05, 0) is 12.1 Å². The van der Waals surface area contributed by atoms with Crippen LogP contribution in [0.5, 0.6) is 0 Å². The van der Waals surface area contributed by atoms with Gasteiger partial charge in [-0.2, -0.15) is 5.10 Å². The largest absolute Gasteiger partial charge is 0.462 e. The number of nitrogens with zero attached hydrogens (tertiary/aromatic N) is 3. The fourth-order valence-corrected chi connectivity index (χ4v) is 2.23. The first kappa shape index (κ1) is 11.6. The van der Waals surface area contributed by atoms with Gasteiger partial charge in [-0.15, -0.1) is 11.3 Å². The highest BCUT2D eigenvalue weighted by Crippen LogP contribution is 2.23. The SMILES string of the molecule is O=C(NCc1ncn[nH]1)c1csc(-c2ccco2)n1. The van der Waals surface area contributed by atoms with Crippen LogP contribution in [0.4, 0.5) is 0 Å². The summed E-state index contributed by atoms with van der Waals surface area (Å²) in [7, 11) is 0. The summed E-state index contributed by atoms with van der Waals surface area (Å²) in [4.78, 5) is 20.0. The van der Waals surface area contributed by atoms with E-state index in [1.54, 1.807) is 23.8 Å². The zero-order chi connectivity index (χ0) is 13.1. The molecule has 0 spiro atoms. The minimum atomic E-state index is -0.259. The molecule has 0 fully saturated rings. The molecule has 0 bridgehead atoms. The van der Waals surface area contributed by atoms with Crippen LogP contribution in [0.25, 0.3) is 10.8 Å². The topological polar surface area (TPSA) is 96.7 Å². The van der Waals surface area contributed by atoms with E-state index >= 15 is 0 Å². The van der Waals surface area contributed by atoms with Crippen molar-refractivity contribution in [2.24, 2.45) is 0 Å². The van der Waals surface area contributed by atoms with Crippen molar-refractivity contribution in [3.8, 4) is 10.8 Å². The molecular formula is C11H9N5O2S. The highest BCUT2D eigenvalue weighted by Gasteiger charge is 2.13. The van der Waals surface area contributed by atoms with E-state index < -0.39 is 0 Å². The van der Waals surface area contributed by atoms with E-state index in [0.717, 1.165) is 0 Å². The van der Waals surface area contributed by atoms with Gasteiger partial charge in [0.15, 0.2) is 10.8 Å². The summed E-state index contributed by atoms with van der Waals surface area (Å²) in [6, 6.07) is 3.58. The number of hydrogen-bond donors (Lipinski definition) is 2. The van der Waals surface area contributed by atoms with Gasteiger partial charge in [-0.3, -0.25) is 9.89 Å². The molecule has 1 amide bonds. The Morgan fingerprint density at radius 3 is 3.21 bits per heavy atom. The fourth-order valence-electron chi connectivity index (χ4n) is 1.46. The van der Waals surface area contributed by atoms with E-state index in [1.165, 1.54) is 17.7 Å². The molecule has 3 aromatic rings. The molecule has 2 N–H and O–H groups in total. The normalized spacial score (nSPS) is 10.5. The van der Waals surface area contributed by atoms with Crippen LogP contribution in [-0.4, -0.2) is 26.1 Å². The second-order valence-corrected chi connectivity index (χ2v) is 4.49. The van der Waals surface area contributed by atoms with Crippen LogP contribution in [0.3, 0.4) is 0 Å². The van der Waals surface area contributed by atoms with Gasteiger partial charge in [0, 0.05) is 5.38 Å². The van der Waals surface area contributed by atoms with Crippen LogP contribution < -0.4 is 5.32 Å². The maximum Gasteiger partial charge on any atom is 0.271 e. The summed E-state index contributed by atoms with van der Waals surface area (Å²) in [6.07, 6.45) is 2.96. The Hall–Kier alpha value is -2.48. The molecule has 8 heteroatoms. The number of carbonyl (C=O) groups is 1. The lowest BCUT2D eigenvalue weighted by atomic mass is 10.4. The summed E-state index contributed by atoms with van der Waals surface area (Å²) in [5, 5.41) is 11.4. The minimum Gasteiger partial charge on any atom is -0.462 e. The highest BCUT2D eigenvalue weighted by molar-refractivity contribution is 7.13. The molecule has 0 unspecified atom stereocenters. The average Bonchev–Trinajstić information content (AvgIpc) is 3.14. The number of H-pyrrole nitrogens is 1. The molecule has 3 aromatic heterocycles. The van der Waals surface area contributed by atoms with Crippen molar-refractivity contribution in [2.75, 3.05) is 0 Å². The number of amides is 1. The molecule has 0 saturated carbocycles. The third-order valence-electron chi connectivity index (χ3n) is 2.35. The van der Waals surface area contributed by atoms with E-state index in [-0.39, 0.29) is 12.5 Å². The minimum absolute atomic E-state index is 0.259. The predicted molar refractivity (Wildman–Crippen MR) is 67.4 cm³/mol. The summed E-state index contributed by atoms with van der Waals surface area (Å²) >= 11 is 1.36. The van der Waals surface area contributed by atoms with Gasteiger partial charge >= 0.3 is 0 Å². The van der Waals surface area contributed by atoms with Gasteiger partial charge in [0.2, 0.25) is 0 Å². The van der Waals surface area contributed by atoms with E-state index in [0.29, 0.717) is 22.3 Å². The number of rotatable bonds is 4. The van der Waals surface area contributed by atoms with Crippen molar-refractivity contribution in [1.29, 1.82) is 0 Å². The zero-order valence-electron chi connectivity index (χ0n) is 9.66. The lowest BCUT2D eigenvalue weighted by Crippen LogP contribution is -2.23. The van der Waals surface area contributed by atoms with Crippen LogP contribution >= 0.6 is 11.3 Å². The van der Waals surface area contributed by atoms with Gasteiger partial charge < -0.3 is 9.73 Å². The Labute approximate surface area is 111 Å². The van der Waals surface area contributed by atoms with E-state index in [2.05, 4.69) is 25.5 Å². The number of aromatic nitrogens is 4. The van der Waals surface area contributed by atoms with Crippen molar-refractivity contribution >= 4 is 17.2 Å². The number of thiazole rings is 1. The number of nitrogens with one attached hydrogen (secondary N) is 2. The van der Waals surface area contributed by atoms with Crippen LogP contribution in [0.15, 0.2) is 34.5 Å². The Kier molecular flexibility index (Phi) is 3.07. The van der Waals surface area contributed by atoms with Crippen LogP contribution in [-0.2, 0) is 6.54 Å². The zero-order valence-corrected chi connectivity index (χ0v) is 10.5. The Balaban J connectivity index is 1.67. The number of hydrogen-bond acceptors (Lipinski definition) is 6. The Morgan fingerprint density at radius 1 is 1.53 bits per heavy atom. The van der Waals surface area contributed by atoms with Gasteiger partial charge in [0.25, 0.3) is 5.91 Å². The van der Waals surface area contributed by atoms with Crippen molar-refractivity contribution in [3.05, 3.63) is 41.6 Å². The van der Waals surface area contributed by atoms with Crippen LogP contribution in [0, 0.1) is 0 Å². The van der Waals surface area contributed by atoms with Gasteiger partial charge in [0.1, 0.15) is 17.8 Å². The maximum absolute atomic E-state index is 11.9. The Bertz CT molecular complexity index is 659. The van der Waals surface area contributed by atoms with Crippen molar-refractivity contribution in [3.63, 3.8) is 0 Å². The summed E-state index contributed by atoms with van der Waals surface area (Å²) in [5.41, 5.74) is 0.357. The monoisotopic (exact) mass is 275 g/mol. The molecule has 0 radical (unpaired) electrons. The van der Waals surface area contributed by atoms with Gasteiger partial charge in [-0.1, -0.05) is 0 Å². The molecule has 3 heterocycles. The third kappa shape index (κ3) is 2.52. The summed E-state index contributed by atoms with van der Waals surface area (Å²) in [6.45, 7) is 0.284. The first-order valence-electron chi connectivity index (χ1n) is 5.45. The second-order valence-electron chi connectivity index (χ2n) is 3.63. The molecule has 0 saturated heterocycles. The van der Waals surface area contributed by atoms with Gasteiger partial charge in [-0.25, -0.2) is 9.97 Å². The van der Waals surface area contributed by atoms with Crippen LogP contribution in [0.2, 0.25) is 0 Å². The molecule has 0 aliphatic heterocycles. The molecule has 96 valence electrons. The first-order chi connectivity index (χ1) is 9.33. The lowest BCUT2D eigenvalue weighted by Gasteiger charge is -1.99. The standard InChI is InChI=1S/C11H9N5O2S/c17-10(12-4-9-13-6-14-16-9)7-5-19-11(15-7)8-2-1-3-18-8/h1-3,5-6H,4H2,(H,12,17)(H,13,14,16). The smallest absolute Gasteiger partial charge is 0.271 e. The predicted octanol–water partition coefficient (Wildman–Crippen LogP) is 1.45. The molecule has 0 atom stereocenters. The van der Waals surface area contributed by atoms with Crippen LogP contribution in [0.1, 0.15) is 16.3 Å². The number of aromatic amines is 1. The molecular weight excluding hydrogens is 266 g/mol. The van der Waals surface area contributed by atoms with Crippen molar-refractivity contribution < 1.29 is 9.21 Å². The van der Waals surface area contributed by atoms with Crippen molar-refractivity contribution in [2.45, 2.75) is 6.54 Å².